The van der Waals surface area contributed by atoms with E-state index in [9.17, 15) is 0 Å². The van der Waals surface area contributed by atoms with Crippen LogP contribution in [0.3, 0.4) is 0 Å². The third-order valence-corrected chi connectivity index (χ3v) is 4.91. The lowest BCUT2D eigenvalue weighted by Crippen LogP contribution is -2.47. The molecule has 0 saturated carbocycles. The van der Waals surface area contributed by atoms with Gasteiger partial charge in [-0.25, -0.2) is 0 Å². The lowest BCUT2D eigenvalue weighted by molar-refractivity contribution is 0.569. The van der Waals surface area contributed by atoms with Crippen LogP contribution in [0.4, 0.5) is 0 Å². The highest BCUT2D eigenvalue weighted by molar-refractivity contribution is 5.86. The second kappa shape index (κ2) is 7.20. The molecule has 0 aliphatic rings. The van der Waals surface area contributed by atoms with E-state index >= 15 is 0 Å². The van der Waals surface area contributed by atoms with Crippen molar-refractivity contribution in [1.82, 2.24) is 0 Å². The zero-order valence-electron chi connectivity index (χ0n) is 15.0. The fourth-order valence-electron chi connectivity index (χ4n) is 3.54. The smallest absolute Gasteiger partial charge is 0.117 e. The third-order valence-electron chi connectivity index (χ3n) is 4.91. The summed E-state index contributed by atoms with van der Waals surface area (Å²) in [6.07, 6.45) is 0. The SMILES string of the molecule is NC(N)(c1ccccc1)c1cccc(-c2ccccc2)c1-c1ccccc1. The van der Waals surface area contributed by atoms with Gasteiger partial charge in [-0.3, -0.25) is 0 Å². The quantitative estimate of drug-likeness (QED) is 0.501. The molecule has 0 unspecified atom stereocenters. The van der Waals surface area contributed by atoms with Crippen molar-refractivity contribution in [1.29, 1.82) is 0 Å². The molecule has 0 spiro atoms. The molecular weight excluding hydrogens is 328 g/mol. The maximum absolute atomic E-state index is 6.72. The van der Waals surface area contributed by atoms with Gasteiger partial charge in [0.15, 0.2) is 0 Å². The summed E-state index contributed by atoms with van der Waals surface area (Å²) in [6.45, 7) is 0. The molecule has 0 amide bonds. The van der Waals surface area contributed by atoms with E-state index in [-0.39, 0.29) is 0 Å². The number of benzene rings is 4. The Kier molecular flexibility index (Phi) is 4.59. The number of rotatable bonds is 4. The van der Waals surface area contributed by atoms with Crippen LogP contribution in [-0.2, 0) is 5.66 Å². The highest BCUT2D eigenvalue weighted by atomic mass is 15.0. The summed E-state index contributed by atoms with van der Waals surface area (Å²) in [5.74, 6) is 0. The van der Waals surface area contributed by atoms with E-state index in [1.807, 2.05) is 78.9 Å². The van der Waals surface area contributed by atoms with Crippen molar-refractivity contribution in [3.05, 3.63) is 120 Å². The third kappa shape index (κ3) is 3.28. The van der Waals surface area contributed by atoms with Gasteiger partial charge in [0.05, 0.1) is 0 Å². The highest BCUT2D eigenvalue weighted by Gasteiger charge is 2.29. The van der Waals surface area contributed by atoms with Gasteiger partial charge in [0.25, 0.3) is 0 Å². The zero-order valence-corrected chi connectivity index (χ0v) is 15.0. The molecule has 4 aromatic rings. The Hall–Kier alpha value is -3.20. The molecule has 2 nitrogen and oxygen atoms in total. The second-order valence-electron chi connectivity index (χ2n) is 6.70. The highest BCUT2D eigenvalue weighted by Crippen LogP contribution is 2.39. The van der Waals surface area contributed by atoms with Crippen LogP contribution in [-0.4, -0.2) is 0 Å². The van der Waals surface area contributed by atoms with Crippen molar-refractivity contribution < 1.29 is 0 Å². The Morgan fingerprint density at radius 1 is 0.481 bits per heavy atom. The lowest BCUT2D eigenvalue weighted by Gasteiger charge is -2.29. The van der Waals surface area contributed by atoms with Crippen molar-refractivity contribution in [2.24, 2.45) is 11.5 Å². The van der Waals surface area contributed by atoms with Crippen LogP contribution in [0.1, 0.15) is 11.1 Å². The fraction of sp³-hybridized carbons (Fsp3) is 0.0400. The van der Waals surface area contributed by atoms with E-state index in [1.165, 1.54) is 0 Å². The van der Waals surface area contributed by atoms with Crippen molar-refractivity contribution in [3.63, 3.8) is 0 Å². The standard InChI is InChI=1S/C25H22N2/c26-25(27,21-15-8-3-9-16-21)23-18-10-17-22(19-11-4-1-5-12-19)24(23)20-13-6-2-7-14-20/h1-18H,26-27H2. The predicted molar refractivity (Wildman–Crippen MR) is 113 cm³/mol. The van der Waals surface area contributed by atoms with Crippen LogP contribution in [0.2, 0.25) is 0 Å². The first-order valence-electron chi connectivity index (χ1n) is 9.05. The van der Waals surface area contributed by atoms with Gasteiger partial charge >= 0.3 is 0 Å². The van der Waals surface area contributed by atoms with Gasteiger partial charge in [-0.05, 0) is 33.4 Å². The average molecular weight is 350 g/mol. The first kappa shape index (κ1) is 17.2. The Morgan fingerprint density at radius 2 is 1.00 bits per heavy atom. The maximum Gasteiger partial charge on any atom is 0.117 e. The Balaban J connectivity index is 2.01. The van der Waals surface area contributed by atoms with Crippen molar-refractivity contribution >= 4 is 0 Å². The number of hydrogen-bond acceptors (Lipinski definition) is 2. The molecule has 4 rings (SSSR count). The molecule has 4 N–H and O–H groups in total. The molecule has 2 heteroatoms. The molecule has 27 heavy (non-hydrogen) atoms. The summed E-state index contributed by atoms with van der Waals surface area (Å²) in [6, 6.07) is 36.7. The largest absolute Gasteiger partial charge is 0.306 e. The van der Waals surface area contributed by atoms with Gasteiger partial charge in [0.2, 0.25) is 0 Å². The van der Waals surface area contributed by atoms with Crippen LogP contribution in [0.5, 0.6) is 0 Å². The average Bonchev–Trinajstić information content (AvgIpc) is 2.75. The molecule has 0 saturated heterocycles. The number of hydrogen-bond donors (Lipinski definition) is 2. The summed E-state index contributed by atoms with van der Waals surface area (Å²) in [4.78, 5) is 0. The van der Waals surface area contributed by atoms with Gasteiger partial charge in [0.1, 0.15) is 5.66 Å². The molecule has 4 aromatic carbocycles. The van der Waals surface area contributed by atoms with Crippen molar-refractivity contribution in [3.8, 4) is 22.3 Å². The number of nitrogens with two attached hydrogens (primary N) is 2. The van der Waals surface area contributed by atoms with Gasteiger partial charge < -0.3 is 11.5 Å². The topological polar surface area (TPSA) is 52.0 Å². The molecule has 0 aromatic heterocycles. The van der Waals surface area contributed by atoms with E-state index in [1.54, 1.807) is 0 Å². The summed E-state index contributed by atoms with van der Waals surface area (Å²) in [5, 5.41) is 0. The molecule has 0 aliphatic carbocycles. The van der Waals surface area contributed by atoms with Gasteiger partial charge in [0, 0.05) is 0 Å². The zero-order chi connectivity index (χ0) is 18.7. The first-order chi connectivity index (χ1) is 13.2. The summed E-state index contributed by atoms with van der Waals surface area (Å²) in [7, 11) is 0. The van der Waals surface area contributed by atoms with Gasteiger partial charge in [-0.1, -0.05) is 109 Å². The van der Waals surface area contributed by atoms with Crippen LogP contribution in [0, 0.1) is 0 Å². The van der Waals surface area contributed by atoms with E-state index in [0.29, 0.717) is 0 Å². The minimum absolute atomic E-state index is 0.882. The second-order valence-corrected chi connectivity index (χ2v) is 6.70. The summed E-state index contributed by atoms with van der Waals surface area (Å²) >= 11 is 0. The maximum atomic E-state index is 6.72. The molecule has 0 atom stereocenters. The van der Waals surface area contributed by atoms with Crippen LogP contribution >= 0.6 is 0 Å². The summed E-state index contributed by atoms with van der Waals surface area (Å²) < 4.78 is 0. The monoisotopic (exact) mass is 350 g/mol. The van der Waals surface area contributed by atoms with E-state index in [0.717, 1.165) is 33.4 Å². The molecule has 0 bridgehead atoms. The predicted octanol–water partition coefficient (Wildman–Crippen LogP) is 5.14. The van der Waals surface area contributed by atoms with Gasteiger partial charge in [-0.15, -0.1) is 0 Å². The van der Waals surface area contributed by atoms with Crippen molar-refractivity contribution in [2.45, 2.75) is 5.66 Å². The normalized spacial score (nSPS) is 11.3. The van der Waals surface area contributed by atoms with Crippen LogP contribution in [0.25, 0.3) is 22.3 Å². The Bertz CT molecular complexity index is 1020. The van der Waals surface area contributed by atoms with Gasteiger partial charge in [-0.2, -0.15) is 0 Å². The minimum atomic E-state index is -1.10. The molecular formula is C25H22N2. The first-order valence-corrected chi connectivity index (χ1v) is 9.05. The molecule has 0 fully saturated rings. The van der Waals surface area contributed by atoms with Crippen molar-refractivity contribution in [2.75, 3.05) is 0 Å². The Labute approximate surface area is 160 Å². The Morgan fingerprint density at radius 3 is 1.59 bits per heavy atom. The van der Waals surface area contributed by atoms with E-state index < -0.39 is 5.66 Å². The fourth-order valence-corrected chi connectivity index (χ4v) is 3.54. The van der Waals surface area contributed by atoms with Crippen LogP contribution < -0.4 is 11.5 Å². The summed E-state index contributed by atoms with van der Waals surface area (Å²) in [5.41, 5.74) is 18.6. The van der Waals surface area contributed by atoms with E-state index in [4.69, 9.17) is 11.5 Å². The van der Waals surface area contributed by atoms with E-state index in [2.05, 4.69) is 30.3 Å². The lowest BCUT2D eigenvalue weighted by atomic mass is 9.83. The minimum Gasteiger partial charge on any atom is -0.306 e. The molecule has 132 valence electrons. The molecule has 0 aliphatic heterocycles. The molecule has 0 heterocycles. The molecule has 0 radical (unpaired) electrons. The van der Waals surface area contributed by atoms with Crippen LogP contribution in [0.15, 0.2) is 109 Å².